The Hall–Kier alpha value is -5.17. The van der Waals surface area contributed by atoms with E-state index in [9.17, 15) is 9.59 Å². The number of ether oxygens (including phenoxy) is 2. The Morgan fingerprint density at radius 1 is 0.674 bits per heavy atom. The summed E-state index contributed by atoms with van der Waals surface area (Å²) in [7, 11) is 0. The van der Waals surface area contributed by atoms with Gasteiger partial charge in [-0.25, -0.2) is 14.5 Å². The van der Waals surface area contributed by atoms with Gasteiger partial charge in [0.1, 0.15) is 13.2 Å². The highest BCUT2D eigenvalue weighted by atomic mass is 16.6. The molecule has 1 aliphatic carbocycles. The molecule has 46 heavy (non-hydrogen) atoms. The number of benzene rings is 4. The lowest BCUT2D eigenvalue weighted by Gasteiger charge is -2.34. The molecule has 1 saturated heterocycles. The van der Waals surface area contributed by atoms with Crippen molar-refractivity contribution in [2.45, 2.75) is 57.9 Å². The molecule has 234 valence electrons. The fraction of sp³-hybridized carbons (Fsp3) is 0.256. The third-order valence-corrected chi connectivity index (χ3v) is 8.54. The third kappa shape index (κ3) is 7.72. The molecule has 0 radical (unpaired) electrons. The lowest BCUT2D eigenvalue weighted by Crippen LogP contribution is -2.41. The van der Waals surface area contributed by atoms with Crippen LogP contribution in [0.5, 0.6) is 0 Å². The topological polar surface area (TPSA) is 71.4 Å². The predicted molar refractivity (Wildman–Crippen MR) is 179 cm³/mol. The van der Waals surface area contributed by atoms with Crippen LogP contribution in [0, 0.1) is 5.92 Å². The molecular weight excluding hydrogens is 574 g/mol. The zero-order valence-corrected chi connectivity index (χ0v) is 25.9. The van der Waals surface area contributed by atoms with E-state index in [0.29, 0.717) is 6.54 Å². The number of amides is 2. The molecule has 6 rings (SSSR count). The van der Waals surface area contributed by atoms with Gasteiger partial charge in [-0.3, -0.25) is 0 Å². The van der Waals surface area contributed by atoms with Crippen LogP contribution in [-0.2, 0) is 29.2 Å². The summed E-state index contributed by atoms with van der Waals surface area (Å²) in [6.07, 6.45) is 6.14. The van der Waals surface area contributed by atoms with Gasteiger partial charge in [-0.15, -0.1) is 4.99 Å². The van der Waals surface area contributed by atoms with Gasteiger partial charge >= 0.3 is 12.2 Å². The molecule has 0 bridgehead atoms. The Kier molecular flexibility index (Phi) is 10.2. The molecule has 4 aromatic carbocycles. The highest BCUT2D eigenvalue weighted by molar-refractivity contribution is 6.04. The molecule has 2 fully saturated rings. The molecule has 1 aliphatic heterocycles. The smallest absolute Gasteiger partial charge is 0.437 e. The molecule has 1 atom stereocenters. The predicted octanol–water partition coefficient (Wildman–Crippen LogP) is 8.82. The number of rotatable bonds is 8. The third-order valence-electron chi connectivity index (χ3n) is 8.54. The second-order valence-electron chi connectivity index (χ2n) is 11.8. The Bertz CT molecular complexity index is 1640. The molecule has 0 aromatic heterocycles. The van der Waals surface area contributed by atoms with Crippen LogP contribution < -0.4 is 0 Å². The fourth-order valence-electron chi connectivity index (χ4n) is 6.34. The number of carbonyl (C=O) groups is 2. The Morgan fingerprint density at radius 3 is 1.78 bits per heavy atom. The summed E-state index contributed by atoms with van der Waals surface area (Å²) >= 11 is 0. The summed E-state index contributed by atoms with van der Waals surface area (Å²) in [6, 6.07) is 38.9. The van der Waals surface area contributed by atoms with E-state index >= 15 is 0 Å². The fourth-order valence-corrected chi connectivity index (χ4v) is 6.34. The molecule has 7 nitrogen and oxygen atoms in total. The van der Waals surface area contributed by atoms with Crippen LogP contribution in [0.3, 0.4) is 0 Å². The van der Waals surface area contributed by atoms with Gasteiger partial charge in [-0.05, 0) is 47.1 Å². The van der Waals surface area contributed by atoms with Crippen LogP contribution >= 0.6 is 0 Å². The second kappa shape index (κ2) is 15.2. The molecule has 2 amide bonds. The normalized spacial score (nSPS) is 18.6. The van der Waals surface area contributed by atoms with Crippen molar-refractivity contribution >= 4 is 24.2 Å². The largest absolute Gasteiger partial charge is 0.444 e. The minimum Gasteiger partial charge on any atom is -0.444 e. The van der Waals surface area contributed by atoms with E-state index < -0.39 is 12.2 Å². The highest BCUT2D eigenvalue weighted by Crippen LogP contribution is 2.41. The molecule has 1 saturated carbocycles. The Morgan fingerprint density at radius 2 is 1.20 bits per heavy atom. The highest BCUT2D eigenvalue weighted by Gasteiger charge is 2.48. The minimum atomic E-state index is -0.763. The lowest BCUT2D eigenvalue weighted by molar-refractivity contribution is 0.123. The van der Waals surface area contributed by atoms with E-state index in [2.05, 4.69) is 22.0 Å². The lowest BCUT2D eigenvalue weighted by atomic mass is 9.82. The van der Waals surface area contributed by atoms with E-state index in [1.165, 1.54) is 11.3 Å². The number of aliphatic imine (C=N–C) groups is 1. The van der Waals surface area contributed by atoms with Gasteiger partial charge in [0.15, 0.2) is 0 Å². The van der Waals surface area contributed by atoms with E-state index in [1.54, 1.807) is 0 Å². The SMILES string of the molecule is O=C(N=C1N(C(=O)OCc2ccccc2)/C(=C\c2ccccc2)C(C2CCCCC2)N1Cc1ccccc1)OCc1ccccc1. The van der Waals surface area contributed by atoms with Gasteiger partial charge < -0.3 is 14.4 Å². The number of nitrogens with zero attached hydrogens (tertiary/aromatic N) is 3. The zero-order valence-electron chi connectivity index (χ0n) is 25.9. The number of hydrogen-bond donors (Lipinski definition) is 0. The Balaban J connectivity index is 1.44. The maximum Gasteiger partial charge on any atom is 0.437 e. The van der Waals surface area contributed by atoms with Crippen molar-refractivity contribution in [2.24, 2.45) is 10.9 Å². The van der Waals surface area contributed by atoms with Gasteiger partial charge in [0.25, 0.3) is 0 Å². The second-order valence-corrected chi connectivity index (χ2v) is 11.8. The van der Waals surface area contributed by atoms with E-state index in [0.717, 1.165) is 53.6 Å². The van der Waals surface area contributed by atoms with Crippen molar-refractivity contribution in [3.8, 4) is 0 Å². The molecule has 0 N–H and O–H groups in total. The molecule has 1 unspecified atom stereocenters. The van der Waals surface area contributed by atoms with Crippen LogP contribution in [0.25, 0.3) is 6.08 Å². The van der Waals surface area contributed by atoms with Crippen molar-refractivity contribution in [1.29, 1.82) is 0 Å². The number of carbonyl (C=O) groups excluding carboxylic acids is 2. The summed E-state index contributed by atoms with van der Waals surface area (Å²) in [4.78, 5) is 35.8. The monoisotopic (exact) mass is 613 g/mol. The van der Waals surface area contributed by atoms with E-state index in [1.807, 2.05) is 115 Å². The molecule has 2 aliphatic rings. The van der Waals surface area contributed by atoms with Crippen molar-refractivity contribution in [3.63, 3.8) is 0 Å². The molecule has 1 heterocycles. The van der Waals surface area contributed by atoms with Gasteiger partial charge in [0.05, 0.1) is 11.7 Å². The maximum atomic E-state index is 14.2. The molecule has 7 heteroatoms. The average molecular weight is 614 g/mol. The van der Waals surface area contributed by atoms with Crippen molar-refractivity contribution in [2.75, 3.05) is 0 Å². The van der Waals surface area contributed by atoms with Crippen LogP contribution in [-0.4, -0.2) is 34.0 Å². The first-order valence-corrected chi connectivity index (χ1v) is 16.0. The van der Waals surface area contributed by atoms with Crippen molar-refractivity contribution < 1.29 is 19.1 Å². The maximum absolute atomic E-state index is 14.2. The van der Waals surface area contributed by atoms with Crippen LogP contribution in [0.15, 0.2) is 132 Å². The molecular formula is C39H39N3O4. The zero-order chi connectivity index (χ0) is 31.6. The van der Waals surface area contributed by atoms with E-state index in [-0.39, 0.29) is 31.1 Å². The summed E-state index contributed by atoms with van der Waals surface area (Å²) in [5.41, 5.74) is 4.47. The standard InChI is InChI=1S/C39H39N3O4/c43-38(45-28-32-20-10-3-11-21-32)40-37-41(27-31-18-8-2-9-19-31)36(34-24-14-5-15-25-34)35(26-30-16-6-1-7-17-30)42(37)39(44)46-29-33-22-12-4-13-23-33/h1-4,6-13,16-23,26,34,36H,5,14-15,24-25,27-29H2/b35-26-,40-37?. The number of guanidine groups is 1. The van der Waals surface area contributed by atoms with Crippen molar-refractivity contribution in [3.05, 3.63) is 149 Å². The summed E-state index contributed by atoms with van der Waals surface area (Å²) in [5, 5.41) is 0. The van der Waals surface area contributed by atoms with Crippen LogP contribution in [0.4, 0.5) is 9.59 Å². The first kappa shape index (κ1) is 30.8. The summed E-state index contributed by atoms with van der Waals surface area (Å²) < 4.78 is 11.6. The van der Waals surface area contributed by atoms with Gasteiger partial charge in [-0.2, -0.15) is 0 Å². The van der Waals surface area contributed by atoms with Crippen LogP contribution in [0.1, 0.15) is 54.4 Å². The first-order chi connectivity index (χ1) is 22.7. The Labute approximate surface area is 270 Å². The van der Waals surface area contributed by atoms with Crippen LogP contribution in [0.2, 0.25) is 0 Å². The first-order valence-electron chi connectivity index (χ1n) is 16.0. The molecule has 4 aromatic rings. The van der Waals surface area contributed by atoms with Crippen molar-refractivity contribution in [1.82, 2.24) is 9.80 Å². The van der Waals surface area contributed by atoms with E-state index in [4.69, 9.17) is 9.47 Å². The summed E-state index contributed by atoms with van der Waals surface area (Å²) in [5.74, 6) is 0.475. The average Bonchev–Trinajstić information content (AvgIpc) is 3.39. The minimum absolute atomic E-state index is 0.0758. The van der Waals surface area contributed by atoms with Gasteiger partial charge in [0.2, 0.25) is 5.96 Å². The van der Waals surface area contributed by atoms with Gasteiger partial charge in [-0.1, -0.05) is 141 Å². The number of hydrogen-bond acceptors (Lipinski definition) is 4. The molecule has 0 spiro atoms. The summed E-state index contributed by atoms with van der Waals surface area (Å²) in [6.45, 7) is 0.626. The quantitative estimate of drug-likeness (QED) is 0.199. The van der Waals surface area contributed by atoms with Gasteiger partial charge in [0, 0.05) is 6.54 Å².